The summed E-state index contributed by atoms with van der Waals surface area (Å²) in [4.78, 5) is 12.4. The van der Waals surface area contributed by atoms with Crippen LogP contribution in [0.25, 0.3) is 0 Å². The van der Waals surface area contributed by atoms with E-state index in [1.807, 2.05) is 31.2 Å². The van der Waals surface area contributed by atoms with Crippen molar-refractivity contribution in [2.75, 3.05) is 32.8 Å². The van der Waals surface area contributed by atoms with Crippen LogP contribution in [0.4, 0.5) is 5.69 Å². The van der Waals surface area contributed by atoms with Crippen molar-refractivity contribution in [1.82, 2.24) is 9.62 Å². The highest BCUT2D eigenvalue weighted by atomic mass is 32.2. The first kappa shape index (κ1) is 20.4. The largest absolute Gasteiger partial charge is 0.379 e. The lowest BCUT2D eigenvalue weighted by Crippen LogP contribution is -2.43. The number of rotatable bonds is 7. The van der Waals surface area contributed by atoms with Gasteiger partial charge < -0.3 is 4.74 Å². The van der Waals surface area contributed by atoms with Crippen LogP contribution < -0.4 is 4.72 Å². The Morgan fingerprint density at radius 3 is 2.29 bits per heavy atom. The fourth-order valence-corrected chi connectivity index (χ4v) is 4.27. The Morgan fingerprint density at radius 1 is 1.11 bits per heavy atom. The van der Waals surface area contributed by atoms with Gasteiger partial charge in [0.05, 0.1) is 29.1 Å². The molecule has 1 N–H and O–H groups in total. The molecule has 28 heavy (non-hydrogen) atoms. The number of nitro groups is 1. The molecule has 0 saturated carbocycles. The average Bonchev–Trinajstić information content (AvgIpc) is 2.69. The zero-order valence-corrected chi connectivity index (χ0v) is 16.4. The van der Waals surface area contributed by atoms with E-state index in [1.165, 1.54) is 24.3 Å². The topological polar surface area (TPSA) is 102 Å². The lowest BCUT2D eigenvalue weighted by Gasteiger charge is -2.31. The fourth-order valence-electron chi connectivity index (χ4n) is 3.05. The highest BCUT2D eigenvalue weighted by Crippen LogP contribution is 2.21. The number of nitro benzene ring substituents is 1. The van der Waals surface area contributed by atoms with E-state index in [0.717, 1.165) is 24.2 Å². The molecule has 2 aromatic carbocycles. The summed E-state index contributed by atoms with van der Waals surface area (Å²) in [5.74, 6) is 0. The second-order valence-corrected chi connectivity index (χ2v) is 8.46. The minimum Gasteiger partial charge on any atom is -0.379 e. The molecule has 0 aromatic heterocycles. The molecule has 9 heteroatoms. The number of hydrogen-bond donors (Lipinski definition) is 1. The van der Waals surface area contributed by atoms with Gasteiger partial charge in [-0.05, 0) is 24.6 Å². The Hall–Kier alpha value is -2.33. The predicted octanol–water partition coefficient (Wildman–Crippen LogP) is 2.26. The molecule has 0 radical (unpaired) electrons. The third-order valence-corrected chi connectivity index (χ3v) is 6.17. The monoisotopic (exact) mass is 405 g/mol. The van der Waals surface area contributed by atoms with Crippen molar-refractivity contribution >= 4 is 15.7 Å². The Kier molecular flexibility index (Phi) is 6.40. The van der Waals surface area contributed by atoms with Gasteiger partial charge in [0, 0.05) is 31.8 Å². The molecular formula is C19H23N3O5S. The standard InChI is InChI=1S/C19H23N3O5S/c1-15-2-4-16(5-3-15)19(14-21-10-12-27-13-11-21)20-28(25,26)18-8-6-17(7-9-18)22(23)24/h2-9,19-20H,10-14H2,1H3. The maximum atomic E-state index is 12.9. The summed E-state index contributed by atoms with van der Waals surface area (Å²) in [7, 11) is -3.84. The second kappa shape index (κ2) is 8.78. The number of non-ortho nitro benzene ring substituents is 1. The number of morpholine rings is 1. The molecule has 1 unspecified atom stereocenters. The van der Waals surface area contributed by atoms with E-state index < -0.39 is 21.0 Å². The van der Waals surface area contributed by atoms with Crippen LogP contribution in [-0.4, -0.2) is 51.1 Å². The van der Waals surface area contributed by atoms with Crippen molar-refractivity contribution in [3.8, 4) is 0 Å². The van der Waals surface area contributed by atoms with E-state index in [0.29, 0.717) is 19.8 Å². The van der Waals surface area contributed by atoms with Crippen molar-refractivity contribution in [3.63, 3.8) is 0 Å². The van der Waals surface area contributed by atoms with Gasteiger partial charge in [-0.25, -0.2) is 13.1 Å². The summed E-state index contributed by atoms with van der Waals surface area (Å²) in [5, 5.41) is 10.8. The number of nitrogens with one attached hydrogen (secondary N) is 1. The number of benzene rings is 2. The van der Waals surface area contributed by atoms with Gasteiger partial charge in [0.15, 0.2) is 0 Å². The molecule has 1 saturated heterocycles. The first-order chi connectivity index (χ1) is 13.3. The Balaban J connectivity index is 1.84. The van der Waals surface area contributed by atoms with Crippen LogP contribution >= 0.6 is 0 Å². The second-order valence-electron chi connectivity index (χ2n) is 6.75. The van der Waals surface area contributed by atoms with Crippen molar-refractivity contribution < 1.29 is 18.1 Å². The number of hydrogen-bond acceptors (Lipinski definition) is 6. The molecule has 0 aliphatic carbocycles. The molecule has 1 aliphatic heterocycles. The van der Waals surface area contributed by atoms with Gasteiger partial charge in [0.25, 0.3) is 5.69 Å². The van der Waals surface area contributed by atoms with Crippen molar-refractivity contribution in [3.05, 3.63) is 69.8 Å². The maximum absolute atomic E-state index is 12.9. The molecule has 8 nitrogen and oxygen atoms in total. The van der Waals surface area contributed by atoms with Gasteiger partial charge in [0.2, 0.25) is 10.0 Å². The quantitative estimate of drug-likeness (QED) is 0.560. The summed E-state index contributed by atoms with van der Waals surface area (Å²) in [5.41, 5.74) is 1.80. The zero-order chi connectivity index (χ0) is 20.1. The molecule has 0 spiro atoms. The summed E-state index contributed by atoms with van der Waals surface area (Å²) in [6, 6.07) is 12.2. The molecule has 1 atom stereocenters. The van der Waals surface area contributed by atoms with E-state index in [1.54, 1.807) is 0 Å². The van der Waals surface area contributed by atoms with Crippen LogP contribution in [0, 0.1) is 17.0 Å². The highest BCUT2D eigenvalue weighted by molar-refractivity contribution is 7.89. The fraction of sp³-hybridized carbons (Fsp3) is 0.368. The van der Waals surface area contributed by atoms with Crippen LogP contribution in [0.5, 0.6) is 0 Å². The van der Waals surface area contributed by atoms with E-state index >= 15 is 0 Å². The van der Waals surface area contributed by atoms with Gasteiger partial charge in [-0.3, -0.25) is 15.0 Å². The molecule has 1 heterocycles. The number of nitrogens with zero attached hydrogens (tertiary/aromatic N) is 2. The first-order valence-electron chi connectivity index (χ1n) is 8.98. The van der Waals surface area contributed by atoms with Gasteiger partial charge in [-0.15, -0.1) is 0 Å². The number of sulfonamides is 1. The first-order valence-corrected chi connectivity index (χ1v) is 10.5. The molecular weight excluding hydrogens is 382 g/mol. The van der Waals surface area contributed by atoms with E-state index in [4.69, 9.17) is 4.74 Å². The Bertz CT molecular complexity index is 908. The van der Waals surface area contributed by atoms with Crippen molar-refractivity contribution in [2.45, 2.75) is 17.9 Å². The minimum absolute atomic E-state index is 0.00260. The van der Waals surface area contributed by atoms with Gasteiger partial charge in [-0.1, -0.05) is 29.8 Å². The Morgan fingerprint density at radius 2 is 1.71 bits per heavy atom. The van der Waals surface area contributed by atoms with E-state index in [-0.39, 0.29) is 10.6 Å². The van der Waals surface area contributed by atoms with E-state index in [9.17, 15) is 18.5 Å². The summed E-state index contributed by atoms with van der Waals surface area (Å²) >= 11 is 0. The van der Waals surface area contributed by atoms with Gasteiger partial charge in [-0.2, -0.15) is 0 Å². The molecule has 150 valence electrons. The SMILES string of the molecule is Cc1ccc(C(CN2CCOCC2)NS(=O)(=O)c2ccc([N+](=O)[O-])cc2)cc1. The summed E-state index contributed by atoms with van der Waals surface area (Å²) in [6.07, 6.45) is 0. The lowest BCUT2D eigenvalue weighted by molar-refractivity contribution is -0.384. The van der Waals surface area contributed by atoms with Crippen LogP contribution in [-0.2, 0) is 14.8 Å². The van der Waals surface area contributed by atoms with Crippen LogP contribution in [0.3, 0.4) is 0 Å². The van der Waals surface area contributed by atoms with Crippen molar-refractivity contribution in [1.29, 1.82) is 0 Å². The lowest BCUT2D eigenvalue weighted by atomic mass is 10.1. The molecule has 1 aliphatic rings. The Labute approximate surface area is 164 Å². The molecule has 1 fully saturated rings. The molecule has 2 aromatic rings. The number of ether oxygens (including phenoxy) is 1. The molecule has 0 bridgehead atoms. The predicted molar refractivity (Wildman–Crippen MR) is 105 cm³/mol. The van der Waals surface area contributed by atoms with Gasteiger partial charge >= 0.3 is 0 Å². The smallest absolute Gasteiger partial charge is 0.269 e. The highest BCUT2D eigenvalue weighted by Gasteiger charge is 2.25. The third kappa shape index (κ3) is 5.14. The molecule has 0 amide bonds. The maximum Gasteiger partial charge on any atom is 0.269 e. The normalized spacial score (nSPS) is 16.6. The average molecular weight is 405 g/mol. The summed E-state index contributed by atoms with van der Waals surface area (Å²) in [6.45, 7) is 5.20. The van der Waals surface area contributed by atoms with Crippen LogP contribution in [0.1, 0.15) is 17.2 Å². The molecule has 3 rings (SSSR count). The summed E-state index contributed by atoms with van der Waals surface area (Å²) < 4.78 is 33.9. The number of aryl methyl sites for hydroxylation is 1. The van der Waals surface area contributed by atoms with E-state index in [2.05, 4.69) is 9.62 Å². The van der Waals surface area contributed by atoms with Gasteiger partial charge in [0.1, 0.15) is 0 Å². The van der Waals surface area contributed by atoms with Crippen LogP contribution in [0.15, 0.2) is 53.4 Å². The third-order valence-electron chi connectivity index (χ3n) is 4.68. The zero-order valence-electron chi connectivity index (χ0n) is 15.6. The van der Waals surface area contributed by atoms with Crippen molar-refractivity contribution in [2.24, 2.45) is 0 Å². The minimum atomic E-state index is -3.84. The van der Waals surface area contributed by atoms with Crippen LogP contribution in [0.2, 0.25) is 0 Å².